The maximum atomic E-state index is 12.5. The first-order valence-corrected chi connectivity index (χ1v) is 9.89. The molecule has 0 aromatic heterocycles. The van der Waals surface area contributed by atoms with Crippen LogP contribution in [0.15, 0.2) is 24.3 Å². The van der Waals surface area contributed by atoms with Gasteiger partial charge >= 0.3 is 5.97 Å². The minimum atomic E-state index is -0.973. The third kappa shape index (κ3) is 5.32. The summed E-state index contributed by atoms with van der Waals surface area (Å²) >= 11 is 0. The molecular formula is C22H33NO5. The van der Waals surface area contributed by atoms with E-state index in [1.54, 1.807) is 31.4 Å². The molecule has 0 amide bonds. The van der Waals surface area contributed by atoms with E-state index in [0.29, 0.717) is 17.6 Å². The Balaban J connectivity index is 1.96. The van der Waals surface area contributed by atoms with Crippen LogP contribution in [0.3, 0.4) is 0 Å². The fraction of sp³-hybridized carbons (Fsp3) is 0.636. The van der Waals surface area contributed by atoms with E-state index in [1.165, 1.54) is 0 Å². The van der Waals surface area contributed by atoms with Gasteiger partial charge in [0.1, 0.15) is 12.0 Å². The lowest BCUT2D eigenvalue weighted by molar-refractivity contribution is -0.265. The molecule has 0 saturated carbocycles. The molecule has 1 aromatic carbocycles. The number of benzene rings is 1. The number of methoxy groups -OCH3 is 1. The fourth-order valence-corrected chi connectivity index (χ4v) is 4.00. The largest absolute Gasteiger partial charge is 0.497 e. The van der Waals surface area contributed by atoms with E-state index in [-0.39, 0.29) is 29.9 Å². The highest BCUT2D eigenvalue weighted by Crippen LogP contribution is 2.38. The van der Waals surface area contributed by atoms with Crippen molar-refractivity contribution in [2.45, 2.75) is 77.0 Å². The van der Waals surface area contributed by atoms with Gasteiger partial charge in [-0.05, 0) is 71.1 Å². The van der Waals surface area contributed by atoms with E-state index >= 15 is 0 Å². The summed E-state index contributed by atoms with van der Waals surface area (Å²) in [6.45, 7) is 8.29. The summed E-state index contributed by atoms with van der Waals surface area (Å²) < 4.78 is 5.10. The van der Waals surface area contributed by atoms with Crippen molar-refractivity contribution in [3.8, 4) is 5.75 Å². The van der Waals surface area contributed by atoms with E-state index in [0.717, 1.165) is 19.3 Å². The Morgan fingerprint density at radius 3 is 2.25 bits per heavy atom. The van der Waals surface area contributed by atoms with Crippen LogP contribution in [0.25, 0.3) is 0 Å². The number of hydroxylamine groups is 2. The fourth-order valence-electron chi connectivity index (χ4n) is 4.00. The van der Waals surface area contributed by atoms with E-state index in [1.807, 2.05) is 5.06 Å². The highest BCUT2D eigenvalue weighted by atomic mass is 16.7. The molecule has 1 aliphatic rings. The zero-order valence-corrected chi connectivity index (χ0v) is 17.6. The first-order valence-electron chi connectivity index (χ1n) is 9.89. The van der Waals surface area contributed by atoms with E-state index in [9.17, 15) is 14.7 Å². The number of hydrogen-bond donors (Lipinski definition) is 1. The summed E-state index contributed by atoms with van der Waals surface area (Å²) in [5, 5.41) is 12.3. The second kappa shape index (κ2) is 9.05. The summed E-state index contributed by atoms with van der Waals surface area (Å²) in [6, 6.07) is 6.90. The van der Waals surface area contributed by atoms with E-state index in [4.69, 9.17) is 9.57 Å². The predicted molar refractivity (Wildman–Crippen MR) is 107 cm³/mol. The molecule has 1 aliphatic heterocycles. The van der Waals surface area contributed by atoms with Crippen molar-refractivity contribution in [3.63, 3.8) is 0 Å². The van der Waals surface area contributed by atoms with Crippen LogP contribution in [0.4, 0.5) is 0 Å². The molecule has 2 atom stereocenters. The van der Waals surface area contributed by atoms with E-state index in [2.05, 4.69) is 27.7 Å². The Morgan fingerprint density at radius 2 is 1.75 bits per heavy atom. The maximum Gasteiger partial charge on any atom is 0.325 e. The Hall–Kier alpha value is -1.92. The number of aliphatic hydroxyl groups excluding tert-OH is 1. The Kier molecular flexibility index (Phi) is 7.23. The lowest BCUT2D eigenvalue weighted by atomic mass is 9.82. The van der Waals surface area contributed by atoms with Crippen LogP contribution in [0.1, 0.15) is 71.5 Å². The van der Waals surface area contributed by atoms with Gasteiger partial charge in [0, 0.05) is 12.3 Å². The highest BCUT2D eigenvalue weighted by Gasteiger charge is 2.44. The second-order valence-electron chi connectivity index (χ2n) is 8.79. The average Bonchev–Trinajstić information content (AvgIpc) is 2.65. The summed E-state index contributed by atoms with van der Waals surface area (Å²) in [6.07, 6.45) is 3.03. The molecular weight excluding hydrogens is 358 g/mol. The van der Waals surface area contributed by atoms with Gasteiger partial charge in [-0.3, -0.25) is 4.79 Å². The number of rotatable bonds is 8. The third-order valence-corrected chi connectivity index (χ3v) is 5.59. The number of carbonyl (C=O) groups is 2. The van der Waals surface area contributed by atoms with Crippen LogP contribution < -0.4 is 4.74 Å². The van der Waals surface area contributed by atoms with Gasteiger partial charge in [-0.2, -0.15) is 0 Å². The van der Waals surface area contributed by atoms with Crippen molar-refractivity contribution in [1.29, 1.82) is 0 Å². The van der Waals surface area contributed by atoms with Crippen LogP contribution >= 0.6 is 0 Å². The third-order valence-electron chi connectivity index (χ3n) is 5.59. The molecule has 1 saturated heterocycles. The number of nitrogens with zero attached hydrogens (tertiary/aromatic N) is 1. The lowest BCUT2D eigenvalue weighted by Gasteiger charge is -2.50. The zero-order valence-electron chi connectivity index (χ0n) is 17.6. The lowest BCUT2D eigenvalue weighted by Crippen LogP contribution is -2.58. The van der Waals surface area contributed by atoms with Gasteiger partial charge in [-0.15, -0.1) is 5.06 Å². The number of hydrogen-bond acceptors (Lipinski definition) is 6. The number of piperidine rings is 1. The van der Waals surface area contributed by atoms with E-state index < -0.39 is 12.0 Å². The molecule has 1 heterocycles. The molecule has 0 spiro atoms. The molecule has 1 aromatic rings. The maximum absolute atomic E-state index is 12.5. The van der Waals surface area contributed by atoms with Gasteiger partial charge in [0.05, 0.1) is 24.3 Å². The molecule has 1 fully saturated rings. The monoisotopic (exact) mass is 391 g/mol. The summed E-state index contributed by atoms with van der Waals surface area (Å²) in [7, 11) is 1.57. The van der Waals surface area contributed by atoms with Crippen LogP contribution in [-0.4, -0.2) is 40.6 Å². The van der Waals surface area contributed by atoms with Gasteiger partial charge in [0.25, 0.3) is 0 Å². The second-order valence-corrected chi connectivity index (χ2v) is 8.79. The topological polar surface area (TPSA) is 76.1 Å². The van der Waals surface area contributed by atoms with Crippen molar-refractivity contribution in [3.05, 3.63) is 29.8 Å². The number of ether oxygens (including phenoxy) is 1. The molecule has 156 valence electrons. The van der Waals surface area contributed by atoms with Crippen molar-refractivity contribution in [2.24, 2.45) is 5.92 Å². The highest BCUT2D eigenvalue weighted by molar-refractivity contribution is 5.70. The van der Waals surface area contributed by atoms with Crippen molar-refractivity contribution >= 4 is 12.3 Å². The number of aliphatic hydroxyl groups is 1. The molecule has 2 unspecified atom stereocenters. The van der Waals surface area contributed by atoms with Crippen molar-refractivity contribution in [1.82, 2.24) is 5.06 Å². The van der Waals surface area contributed by atoms with Gasteiger partial charge in [0.2, 0.25) is 0 Å². The van der Waals surface area contributed by atoms with Gasteiger partial charge in [-0.25, -0.2) is 0 Å². The quantitative estimate of drug-likeness (QED) is 0.679. The minimum Gasteiger partial charge on any atom is -0.497 e. The summed E-state index contributed by atoms with van der Waals surface area (Å²) in [4.78, 5) is 29.7. The molecule has 6 nitrogen and oxygen atoms in total. The summed E-state index contributed by atoms with van der Waals surface area (Å²) in [5.41, 5.74) is 0.151. The standard InChI is InChI=1S/C22H33NO5/c1-21(2)13-6-14-22(3,4)23(21)28-19(25)12-9-17(15-24)20(26)16-7-10-18(27-5)11-8-16/h7-8,10-11,15,17,20,26H,6,9,12-14H2,1-5H3. The normalized spacial score (nSPS) is 20.8. The van der Waals surface area contributed by atoms with Crippen LogP contribution in [0.5, 0.6) is 5.75 Å². The van der Waals surface area contributed by atoms with Gasteiger partial charge in [-0.1, -0.05) is 12.1 Å². The van der Waals surface area contributed by atoms with Gasteiger partial charge in [0.15, 0.2) is 0 Å². The van der Waals surface area contributed by atoms with Crippen molar-refractivity contribution in [2.75, 3.05) is 7.11 Å². The van der Waals surface area contributed by atoms with Crippen molar-refractivity contribution < 1.29 is 24.3 Å². The molecule has 6 heteroatoms. The first kappa shape index (κ1) is 22.4. The van der Waals surface area contributed by atoms with Crippen LogP contribution in [-0.2, 0) is 14.4 Å². The summed E-state index contributed by atoms with van der Waals surface area (Å²) in [5.74, 6) is -0.380. The SMILES string of the molecule is COc1ccc(C(O)C(C=O)CCC(=O)ON2C(C)(C)CCCC2(C)C)cc1. The Bertz CT molecular complexity index is 652. The zero-order chi connectivity index (χ0) is 20.9. The minimum absolute atomic E-state index is 0.0687. The molecule has 0 radical (unpaired) electrons. The Labute approximate surface area is 167 Å². The molecule has 1 N–H and O–H groups in total. The molecule has 0 aliphatic carbocycles. The predicted octanol–water partition coefficient (Wildman–Crippen LogP) is 3.83. The van der Waals surface area contributed by atoms with Crippen LogP contribution in [0.2, 0.25) is 0 Å². The first-order chi connectivity index (χ1) is 13.1. The van der Waals surface area contributed by atoms with Gasteiger partial charge < -0.3 is 19.5 Å². The smallest absolute Gasteiger partial charge is 0.325 e. The molecule has 28 heavy (non-hydrogen) atoms. The average molecular weight is 392 g/mol. The molecule has 0 bridgehead atoms. The molecule has 2 rings (SSSR count). The number of aldehydes is 1. The number of carbonyl (C=O) groups excluding carboxylic acids is 2. The Morgan fingerprint density at radius 1 is 1.18 bits per heavy atom. The van der Waals surface area contributed by atoms with Crippen LogP contribution in [0, 0.1) is 5.92 Å².